The molecule has 0 aliphatic carbocycles. The average molecular weight is 292 g/mol. The van der Waals surface area contributed by atoms with Gasteiger partial charge in [-0.05, 0) is 19.4 Å². The van der Waals surface area contributed by atoms with Gasteiger partial charge in [-0.15, -0.1) is 11.3 Å². The van der Waals surface area contributed by atoms with Crippen LogP contribution in [0.2, 0.25) is 0 Å². The van der Waals surface area contributed by atoms with E-state index in [2.05, 4.69) is 33.1 Å². The first-order valence-electron chi connectivity index (χ1n) is 7.40. The molecular formula is C14H20N4OS. The molecule has 0 spiro atoms. The van der Waals surface area contributed by atoms with Gasteiger partial charge in [0.1, 0.15) is 0 Å². The lowest BCUT2D eigenvalue weighted by molar-refractivity contribution is 0.0302. The lowest BCUT2D eigenvalue weighted by Gasteiger charge is -2.33. The zero-order valence-corrected chi connectivity index (χ0v) is 12.5. The summed E-state index contributed by atoms with van der Waals surface area (Å²) in [5.41, 5.74) is 1.28. The summed E-state index contributed by atoms with van der Waals surface area (Å²) in [6.45, 7) is 5.96. The van der Waals surface area contributed by atoms with Crippen LogP contribution in [0, 0.1) is 0 Å². The van der Waals surface area contributed by atoms with Crippen LogP contribution in [-0.4, -0.2) is 41.2 Å². The molecule has 2 aromatic rings. The third-order valence-electron chi connectivity index (χ3n) is 4.23. The van der Waals surface area contributed by atoms with Crippen LogP contribution in [0.3, 0.4) is 0 Å². The van der Waals surface area contributed by atoms with E-state index < -0.39 is 0 Å². The number of anilines is 1. The number of hydrogen-bond acceptors (Lipinski definition) is 5. The molecule has 0 radical (unpaired) electrons. The van der Waals surface area contributed by atoms with E-state index in [4.69, 9.17) is 9.72 Å². The van der Waals surface area contributed by atoms with Crippen molar-refractivity contribution >= 4 is 22.1 Å². The fourth-order valence-corrected chi connectivity index (χ4v) is 4.00. The molecule has 5 nitrogen and oxygen atoms in total. The summed E-state index contributed by atoms with van der Waals surface area (Å²) in [6.07, 6.45) is 5.33. The van der Waals surface area contributed by atoms with Gasteiger partial charge in [0.25, 0.3) is 0 Å². The SMILES string of the molecule is CCNCc1c(N2CC3CCC(C2)O3)nc2sccn12. The summed E-state index contributed by atoms with van der Waals surface area (Å²) in [5, 5.41) is 5.54. The summed E-state index contributed by atoms with van der Waals surface area (Å²) >= 11 is 1.70. The number of hydrogen-bond donors (Lipinski definition) is 1. The van der Waals surface area contributed by atoms with Crippen molar-refractivity contribution in [2.45, 2.75) is 38.5 Å². The first kappa shape index (κ1) is 12.6. The normalized spacial score (nSPS) is 25.8. The molecule has 2 aliphatic heterocycles. The van der Waals surface area contributed by atoms with Crippen LogP contribution >= 0.6 is 11.3 Å². The van der Waals surface area contributed by atoms with Crippen molar-refractivity contribution in [3.63, 3.8) is 0 Å². The Kier molecular flexibility index (Phi) is 3.17. The Morgan fingerprint density at radius 3 is 2.95 bits per heavy atom. The minimum atomic E-state index is 0.403. The smallest absolute Gasteiger partial charge is 0.195 e. The fraction of sp³-hybridized carbons (Fsp3) is 0.643. The second kappa shape index (κ2) is 5.02. The molecule has 0 aromatic carbocycles. The highest BCUT2D eigenvalue weighted by atomic mass is 32.1. The molecule has 2 atom stereocenters. The van der Waals surface area contributed by atoms with E-state index in [0.29, 0.717) is 12.2 Å². The average Bonchev–Trinajstić information content (AvgIpc) is 3.11. The zero-order valence-electron chi connectivity index (χ0n) is 11.7. The van der Waals surface area contributed by atoms with Crippen molar-refractivity contribution in [1.82, 2.24) is 14.7 Å². The van der Waals surface area contributed by atoms with Crippen LogP contribution in [0.4, 0.5) is 5.82 Å². The topological polar surface area (TPSA) is 41.8 Å². The Morgan fingerprint density at radius 1 is 1.40 bits per heavy atom. The molecule has 6 heteroatoms. The number of aromatic nitrogens is 2. The molecule has 2 aromatic heterocycles. The number of thiazole rings is 1. The van der Waals surface area contributed by atoms with Crippen molar-refractivity contribution in [3.05, 3.63) is 17.3 Å². The first-order chi connectivity index (χ1) is 9.85. The van der Waals surface area contributed by atoms with Gasteiger partial charge in [-0.3, -0.25) is 4.40 Å². The van der Waals surface area contributed by atoms with Crippen molar-refractivity contribution in [3.8, 4) is 0 Å². The highest BCUT2D eigenvalue weighted by Gasteiger charge is 2.35. The van der Waals surface area contributed by atoms with Crippen LogP contribution in [0.25, 0.3) is 4.96 Å². The number of imidazole rings is 1. The van der Waals surface area contributed by atoms with Crippen LogP contribution < -0.4 is 10.2 Å². The van der Waals surface area contributed by atoms with E-state index in [1.807, 2.05) is 0 Å². The Hall–Kier alpha value is -1.11. The second-order valence-corrected chi connectivity index (χ2v) is 6.45. The molecule has 1 N–H and O–H groups in total. The summed E-state index contributed by atoms with van der Waals surface area (Å²) in [4.78, 5) is 8.38. The highest BCUT2D eigenvalue weighted by Crippen LogP contribution is 2.32. The van der Waals surface area contributed by atoms with Gasteiger partial charge in [0.2, 0.25) is 0 Å². The summed E-state index contributed by atoms with van der Waals surface area (Å²) < 4.78 is 8.16. The van der Waals surface area contributed by atoms with Gasteiger partial charge in [-0.1, -0.05) is 6.92 Å². The van der Waals surface area contributed by atoms with E-state index in [9.17, 15) is 0 Å². The molecule has 2 unspecified atom stereocenters. The minimum absolute atomic E-state index is 0.403. The number of nitrogens with zero attached hydrogens (tertiary/aromatic N) is 3. The minimum Gasteiger partial charge on any atom is -0.371 e. The number of rotatable bonds is 4. The van der Waals surface area contributed by atoms with Crippen LogP contribution in [0.1, 0.15) is 25.5 Å². The number of nitrogens with one attached hydrogen (secondary N) is 1. The molecule has 2 fully saturated rings. The first-order valence-corrected chi connectivity index (χ1v) is 8.28. The summed E-state index contributed by atoms with van der Waals surface area (Å²) in [5.74, 6) is 1.15. The molecule has 2 bridgehead atoms. The lowest BCUT2D eigenvalue weighted by atomic mass is 10.2. The number of morpholine rings is 1. The van der Waals surface area contributed by atoms with Crippen molar-refractivity contribution in [2.75, 3.05) is 24.5 Å². The molecule has 0 amide bonds. The van der Waals surface area contributed by atoms with E-state index in [1.165, 1.54) is 18.5 Å². The van der Waals surface area contributed by atoms with Crippen molar-refractivity contribution in [2.24, 2.45) is 0 Å². The standard InChI is InChI=1S/C14H20N4OS/c1-2-15-7-12-13(16-14-18(12)5-6-20-14)17-8-10-3-4-11(9-17)19-10/h5-6,10-11,15H,2-4,7-9H2,1H3. The number of fused-ring (bicyclic) bond motifs is 3. The highest BCUT2D eigenvalue weighted by molar-refractivity contribution is 7.15. The molecule has 20 heavy (non-hydrogen) atoms. The maximum atomic E-state index is 5.94. The second-order valence-electron chi connectivity index (χ2n) is 5.58. The monoisotopic (exact) mass is 292 g/mol. The van der Waals surface area contributed by atoms with E-state index in [1.54, 1.807) is 11.3 Å². The van der Waals surface area contributed by atoms with Crippen LogP contribution in [0.15, 0.2) is 11.6 Å². The number of ether oxygens (including phenoxy) is 1. The zero-order chi connectivity index (χ0) is 13.5. The van der Waals surface area contributed by atoms with Gasteiger partial charge in [0, 0.05) is 31.2 Å². The van der Waals surface area contributed by atoms with Gasteiger partial charge >= 0.3 is 0 Å². The molecule has 108 valence electrons. The Balaban J connectivity index is 1.69. The van der Waals surface area contributed by atoms with E-state index in [0.717, 1.165) is 37.0 Å². The van der Waals surface area contributed by atoms with E-state index >= 15 is 0 Å². The van der Waals surface area contributed by atoms with Gasteiger partial charge in [0.05, 0.1) is 17.9 Å². The predicted molar refractivity (Wildman–Crippen MR) is 80.6 cm³/mol. The molecule has 2 saturated heterocycles. The largest absolute Gasteiger partial charge is 0.371 e. The third kappa shape index (κ3) is 2.03. The molecule has 4 rings (SSSR count). The van der Waals surface area contributed by atoms with Crippen molar-refractivity contribution in [1.29, 1.82) is 0 Å². The van der Waals surface area contributed by atoms with Gasteiger partial charge in [-0.2, -0.15) is 0 Å². The lowest BCUT2D eigenvalue weighted by Crippen LogP contribution is -2.43. The quantitative estimate of drug-likeness (QED) is 0.934. The predicted octanol–water partition coefficient (Wildman–Crippen LogP) is 1.87. The molecule has 0 saturated carbocycles. The van der Waals surface area contributed by atoms with Gasteiger partial charge in [0.15, 0.2) is 10.8 Å². The van der Waals surface area contributed by atoms with Crippen molar-refractivity contribution < 1.29 is 4.74 Å². The Bertz CT molecular complexity index is 595. The van der Waals surface area contributed by atoms with Gasteiger partial charge in [-0.25, -0.2) is 4.98 Å². The molecular weight excluding hydrogens is 272 g/mol. The maximum Gasteiger partial charge on any atom is 0.195 e. The van der Waals surface area contributed by atoms with Crippen LogP contribution in [0.5, 0.6) is 0 Å². The Labute approximate surface area is 122 Å². The third-order valence-corrected chi connectivity index (χ3v) is 4.98. The maximum absolute atomic E-state index is 5.94. The Morgan fingerprint density at radius 2 is 2.20 bits per heavy atom. The summed E-state index contributed by atoms with van der Waals surface area (Å²) in [7, 11) is 0. The van der Waals surface area contributed by atoms with Crippen LogP contribution in [-0.2, 0) is 11.3 Å². The molecule has 2 aliphatic rings. The van der Waals surface area contributed by atoms with Gasteiger partial charge < -0.3 is 15.0 Å². The molecule has 4 heterocycles. The summed E-state index contributed by atoms with van der Waals surface area (Å²) in [6, 6.07) is 0. The fourth-order valence-electron chi connectivity index (χ4n) is 3.27. The van der Waals surface area contributed by atoms with E-state index in [-0.39, 0.29) is 0 Å².